The van der Waals surface area contributed by atoms with E-state index in [9.17, 15) is 5.11 Å². The second-order valence-electron chi connectivity index (χ2n) is 3.39. The van der Waals surface area contributed by atoms with E-state index < -0.39 is 6.10 Å². The zero-order valence-electron chi connectivity index (χ0n) is 7.70. The smallest absolute Gasteiger partial charge is 0.0764 e. The summed E-state index contributed by atoms with van der Waals surface area (Å²) in [6, 6.07) is 1.43. The van der Waals surface area contributed by atoms with Crippen molar-refractivity contribution in [3.63, 3.8) is 0 Å². The number of aliphatic hydroxyl groups excluding tert-OH is 1. The van der Waals surface area contributed by atoms with Gasteiger partial charge in [-0.1, -0.05) is 25.4 Å². The molecule has 0 amide bonds. The molecule has 2 nitrogen and oxygen atoms in total. The largest absolute Gasteiger partial charge is 0.391 e. The van der Waals surface area contributed by atoms with Gasteiger partial charge in [0.05, 0.1) is 17.2 Å². The molecule has 0 aliphatic carbocycles. The quantitative estimate of drug-likeness (QED) is 0.820. The highest BCUT2D eigenvalue weighted by atomic mass is 35.5. The van der Waals surface area contributed by atoms with E-state index in [1.165, 1.54) is 11.3 Å². The summed E-state index contributed by atoms with van der Waals surface area (Å²) in [6.45, 7) is 3.87. The van der Waals surface area contributed by atoms with E-state index in [1.54, 1.807) is 6.07 Å². The molecule has 4 heteroatoms. The van der Waals surface area contributed by atoms with Gasteiger partial charge in [-0.3, -0.25) is 0 Å². The lowest BCUT2D eigenvalue weighted by Crippen LogP contribution is -2.29. The summed E-state index contributed by atoms with van der Waals surface area (Å²) in [5.41, 5.74) is 5.86. The maximum atomic E-state index is 9.71. The SMILES string of the molecule is CC(C)C(O)C(N)c1sccc1Cl. The van der Waals surface area contributed by atoms with Crippen LogP contribution in [-0.4, -0.2) is 11.2 Å². The fraction of sp³-hybridized carbons (Fsp3) is 0.556. The Kier molecular flexibility index (Phi) is 3.74. The third-order valence-corrected chi connectivity index (χ3v) is 3.46. The molecule has 0 aromatic carbocycles. The van der Waals surface area contributed by atoms with Crippen LogP contribution in [-0.2, 0) is 0 Å². The van der Waals surface area contributed by atoms with Crippen LogP contribution in [0, 0.1) is 5.92 Å². The summed E-state index contributed by atoms with van der Waals surface area (Å²) >= 11 is 7.39. The van der Waals surface area contributed by atoms with Crippen LogP contribution >= 0.6 is 22.9 Å². The van der Waals surface area contributed by atoms with E-state index in [-0.39, 0.29) is 12.0 Å². The van der Waals surface area contributed by atoms with E-state index in [1.807, 2.05) is 19.2 Å². The van der Waals surface area contributed by atoms with Crippen molar-refractivity contribution in [1.29, 1.82) is 0 Å². The molecule has 74 valence electrons. The summed E-state index contributed by atoms with van der Waals surface area (Å²) in [5, 5.41) is 12.2. The molecule has 1 aromatic heterocycles. The van der Waals surface area contributed by atoms with Gasteiger partial charge in [-0.15, -0.1) is 11.3 Å². The van der Waals surface area contributed by atoms with Crippen molar-refractivity contribution in [3.05, 3.63) is 21.3 Å². The van der Waals surface area contributed by atoms with Crippen molar-refractivity contribution in [2.75, 3.05) is 0 Å². The molecule has 0 aliphatic heterocycles. The normalized spacial score (nSPS) is 16.2. The first-order valence-electron chi connectivity index (χ1n) is 4.20. The Labute approximate surface area is 87.3 Å². The molecule has 0 saturated carbocycles. The van der Waals surface area contributed by atoms with Crippen LogP contribution in [0.15, 0.2) is 11.4 Å². The zero-order valence-corrected chi connectivity index (χ0v) is 9.27. The predicted octanol–water partition coefficient (Wildman–Crippen LogP) is 2.42. The van der Waals surface area contributed by atoms with Crippen molar-refractivity contribution >= 4 is 22.9 Å². The van der Waals surface area contributed by atoms with Crippen molar-refractivity contribution in [2.24, 2.45) is 11.7 Å². The Hall–Kier alpha value is -0.0900. The summed E-state index contributed by atoms with van der Waals surface area (Å²) in [4.78, 5) is 0.864. The minimum atomic E-state index is -0.531. The maximum absolute atomic E-state index is 9.71. The van der Waals surface area contributed by atoms with Gasteiger partial charge in [0.1, 0.15) is 0 Å². The molecule has 2 atom stereocenters. The van der Waals surface area contributed by atoms with E-state index >= 15 is 0 Å². The molecular formula is C9H14ClNOS. The third-order valence-electron chi connectivity index (χ3n) is 2.00. The van der Waals surface area contributed by atoms with E-state index in [0.29, 0.717) is 5.02 Å². The molecule has 2 unspecified atom stereocenters. The first-order valence-corrected chi connectivity index (χ1v) is 5.46. The fourth-order valence-corrected chi connectivity index (χ4v) is 2.34. The highest BCUT2D eigenvalue weighted by Crippen LogP contribution is 2.30. The van der Waals surface area contributed by atoms with Gasteiger partial charge in [-0.25, -0.2) is 0 Å². The molecule has 0 bridgehead atoms. The first kappa shape index (κ1) is 11.0. The van der Waals surface area contributed by atoms with Crippen LogP contribution in [0.25, 0.3) is 0 Å². The van der Waals surface area contributed by atoms with Crippen LogP contribution in [0.5, 0.6) is 0 Å². The average Bonchev–Trinajstić information content (AvgIpc) is 2.48. The molecule has 0 aliphatic rings. The number of rotatable bonds is 3. The number of thiophene rings is 1. The second-order valence-corrected chi connectivity index (χ2v) is 4.75. The fourth-order valence-electron chi connectivity index (χ4n) is 1.11. The van der Waals surface area contributed by atoms with Crippen LogP contribution in [0.1, 0.15) is 24.8 Å². The minimum absolute atomic E-state index is 0.146. The molecule has 0 fully saturated rings. The van der Waals surface area contributed by atoms with Crippen molar-refractivity contribution in [1.82, 2.24) is 0 Å². The highest BCUT2D eigenvalue weighted by molar-refractivity contribution is 7.10. The van der Waals surface area contributed by atoms with Crippen molar-refractivity contribution < 1.29 is 5.11 Å². The number of halogens is 1. The molecule has 1 aromatic rings. The predicted molar refractivity (Wildman–Crippen MR) is 57.1 cm³/mol. The Balaban J connectivity index is 2.79. The second kappa shape index (κ2) is 4.42. The van der Waals surface area contributed by atoms with Gasteiger partial charge >= 0.3 is 0 Å². The Morgan fingerprint density at radius 2 is 2.15 bits per heavy atom. The summed E-state index contributed by atoms with van der Waals surface area (Å²) in [7, 11) is 0. The lowest BCUT2D eigenvalue weighted by Gasteiger charge is -2.21. The van der Waals surface area contributed by atoms with Crippen LogP contribution in [0.4, 0.5) is 0 Å². The van der Waals surface area contributed by atoms with E-state index in [0.717, 1.165) is 4.88 Å². The third kappa shape index (κ3) is 2.44. The van der Waals surface area contributed by atoms with Gasteiger partial charge in [0, 0.05) is 4.88 Å². The van der Waals surface area contributed by atoms with Crippen LogP contribution < -0.4 is 5.73 Å². The molecule has 1 rings (SSSR count). The highest BCUT2D eigenvalue weighted by Gasteiger charge is 2.22. The van der Waals surface area contributed by atoms with E-state index in [4.69, 9.17) is 17.3 Å². The van der Waals surface area contributed by atoms with Gasteiger partial charge in [-0.2, -0.15) is 0 Å². The average molecular weight is 220 g/mol. The molecule has 0 saturated heterocycles. The monoisotopic (exact) mass is 219 g/mol. The molecule has 13 heavy (non-hydrogen) atoms. The van der Waals surface area contributed by atoms with E-state index in [2.05, 4.69) is 0 Å². The van der Waals surface area contributed by atoms with Crippen LogP contribution in [0.2, 0.25) is 5.02 Å². The lowest BCUT2D eigenvalue weighted by atomic mass is 9.99. The summed E-state index contributed by atoms with van der Waals surface area (Å²) < 4.78 is 0. The molecule has 1 heterocycles. The molecule has 0 radical (unpaired) electrons. The lowest BCUT2D eigenvalue weighted by molar-refractivity contribution is 0.0991. The molecular weight excluding hydrogens is 206 g/mol. The topological polar surface area (TPSA) is 46.2 Å². The van der Waals surface area contributed by atoms with Gasteiger partial charge in [0.15, 0.2) is 0 Å². The summed E-state index contributed by atoms with van der Waals surface area (Å²) in [6.07, 6.45) is -0.531. The molecule has 0 spiro atoms. The van der Waals surface area contributed by atoms with Gasteiger partial charge in [0.2, 0.25) is 0 Å². The number of nitrogens with two attached hydrogens (primary N) is 1. The molecule has 3 N–H and O–H groups in total. The Bertz CT molecular complexity index is 274. The van der Waals surface area contributed by atoms with Crippen LogP contribution in [0.3, 0.4) is 0 Å². The number of hydrogen-bond donors (Lipinski definition) is 2. The minimum Gasteiger partial charge on any atom is -0.391 e. The zero-order chi connectivity index (χ0) is 10.0. The number of hydrogen-bond acceptors (Lipinski definition) is 3. The Morgan fingerprint density at radius 1 is 1.54 bits per heavy atom. The van der Waals surface area contributed by atoms with Gasteiger partial charge in [0.25, 0.3) is 0 Å². The standard InChI is InChI=1S/C9H14ClNOS/c1-5(2)8(12)7(11)9-6(10)3-4-13-9/h3-5,7-8,12H,11H2,1-2H3. The Morgan fingerprint density at radius 3 is 2.54 bits per heavy atom. The maximum Gasteiger partial charge on any atom is 0.0764 e. The number of aliphatic hydroxyl groups is 1. The summed E-state index contributed by atoms with van der Waals surface area (Å²) in [5.74, 6) is 0.146. The van der Waals surface area contributed by atoms with Gasteiger partial charge < -0.3 is 10.8 Å². The first-order chi connectivity index (χ1) is 6.04. The van der Waals surface area contributed by atoms with Crippen molar-refractivity contribution in [2.45, 2.75) is 26.0 Å². The van der Waals surface area contributed by atoms with Crippen molar-refractivity contribution in [3.8, 4) is 0 Å². The van der Waals surface area contributed by atoms with Gasteiger partial charge in [-0.05, 0) is 17.4 Å².